The first-order chi connectivity index (χ1) is 10.1. The number of rotatable bonds is 2. The topological polar surface area (TPSA) is 54.7 Å². The molecule has 0 spiro atoms. The zero-order valence-corrected chi connectivity index (χ0v) is 12.2. The van der Waals surface area contributed by atoms with Gasteiger partial charge in [-0.1, -0.05) is 41.4 Å². The van der Waals surface area contributed by atoms with E-state index in [0.717, 1.165) is 5.56 Å². The molecule has 2 aromatic carbocycles. The molecule has 1 heterocycles. The first-order valence-corrected chi connectivity index (χ1v) is 6.87. The summed E-state index contributed by atoms with van der Waals surface area (Å²) in [5.74, 6) is -0.252. The summed E-state index contributed by atoms with van der Waals surface area (Å²) in [5, 5.41) is 7.33. The Labute approximate surface area is 130 Å². The van der Waals surface area contributed by atoms with Gasteiger partial charge in [0, 0.05) is 10.6 Å². The average molecular weight is 322 g/mol. The summed E-state index contributed by atoms with van der Waals surface area (Å²) >= 11 is 11.8. The highest BCUT2D eigenvalue weighted by molar-refractivity contribution is 6.31. The Morgan fingerprint density at radius 1 is 1.10 bits per heavy atom. The molecule has 0 aliphatic heterocycles. The number of H-pyrrole nitrogens is 1. The zero-order chi connectivity index (χ0) is 15.0. The van der Waals surface area contributed by atoms with E-state index in [2.05, 4.69) is 10.2 Å². The summed E-state index contributed by atoms with van der Waals surface area (Å²) in [5.41, 5.74) is 8.03. The third-order valence-corrected chi connectivity index (χ3v) is 3.66. The third-order valence-electron chi connectivity index (χ3n) is 3.13. The van der Waals surface area contributed by atoms with Crippen molar-refractivity contribution in [2.24, 2.45) is 0 Å². The van der Waals surface area contributed by atoms with Crippen molar-refractivity contribution in [3.63, 3.8) is 0 Å². The molecule has 1 aromatic heterocycles. The molecule has 0 unspecified atom stereocenters. The van der Waals surface area contributed by atoms with E-state index < -0.39 is 5.82 Å². The van der Waals surface area contributed by atoms with Crippen LogP contribution in [0.25, 0.3) is 22.4 Å². The van der Waals surface area contributed by atoms with Gasteiger partial charge in [-0.3, -0.25) is 5.10 Å². The van der Waals surface area contributed by atoms with Crippen LogP contribution in [0.2, 0.25) is 10.0 Å². The van der Waals surface area contributed by atoms with Crippen LogP contribution in [0.15, 0.2) is 42.5 Å². The zero-order valence-electron chi connectivity index (χ0n) is 10.7. The highest BCUT2D eigenvalue weighted by Gasteiger charge is 2.18. The SMILES string of the molecule is Nc1n[nH]c(-c2cccc(Cl)c2F)c1-c1cccc(Cl)c1. The summed E-state index contributed by atoms with van der Waals surface area (Å²) < 4.78 is 14.2. The summed E-state index contributed by atoms with van der Waals surface area (Å²) in [4.78, 5) is 0. The second-order valence-electron chi connectivity index (χ2n) is 4.47. The van der Waals surface area contributed by atoms with Crippen LogP contribution in [0.5, 0.6) is 0 Å². The van der Waals surface area contributed by atoms with E-state index in [0.29, 0.717) is 21.8 Å². The van der Waals surface area contributed by atoms with Crippen molar-refractivity contribution < 1.29 is 4.39 Å². The molecule has 0 fully saturated rings. The molecule has 21 heavy (non-hydrogen) atoms. The van der Waals surface area contributed by atoms with Gasteiger partial charge in [0.15, 0.2) is 11.6 Å². The first kappa shape index (κ1) is 13.9. The molecule has 3 aromatic rings. The summed E-state index contributed by atoms with van der Waals surface area (Å²) in [6, 6.07) is 11.9. The molecule has 0 saturated carbocycles. The van der Waals surface area contributed by atoms with Crippen LogP contribution < -0.4 is 5.73 Å². The number of hydrogen-bond donors (Lipinski definition) is 2. The number of aromatic amines is 1. The van der Waals surface area contributed by atoms with Gasteiger partial charge < -0.3 is 5.73 Å². The van der Waals surface area contributed by atoms with Crippen molar-refractivity contribution in [1.82, 2.24) is 10.2 Å². The average Bonchev–Trinajstić information content (AvgIpc) is 2.83. The lowest BCUT2D eigenvalue weighted by molar-refractivity contribution is 0.631. The molecule has 0 amide bonds. The van der Waals surface area contributed by atoms with Crippen molar-refractivity contribution in [3.8, 4) is 22.4 Å². The minimum atomic E-state index is -0.522. The van der Waals surface area contributed by atoms with Crippen LogP contribution in [-0.4, -0.2) is 10.2 Å². The van der Waals surface area contributed by atoms with E-state index in [-0.39, 0.29) is 10.8 Å². The van der Waals surface area contributed by atoms with Crippen LogP contribution in [0.4, 0.5) is 10.2 Å². The third kappa shape index (κ3) is 2.48. The van der Waals surface area contributed by atoms with Gasteiger partial charge in [-0.05, 0) is 29.8 Å². The lowest BCUT2D eigenvalue weighted by atomic mass is 10.0. The Bertz CT molecular complexity index is 814. The van der Waals surface area contributed by atoms with Crippen molar-refractivity contribution >= 4 is 29.0 Å². The van der Waals surface area contributed by atoms with Gasteiger partial charge >= 0.3 is 0 Å². The molecule has 0 saturated heterocycles. The second-order valence-corrected chi connectivity index (χ2v) is 5.31. The molecule has 0 bridgehead atoms. The van der Waals surface area contributed by atoms with Crippen molar-refractivity contribution in [2.75, 3.05) is 5.73 Å². The van der Waals surface area contributed by atoms with Crippen LogP contribution in [0.1, 0.15) is 0 Å². The number of benzene rings is 2. The molecular weight excluding hydrogens is 312 g/mol. The largest absolute Gasteiger partial charge is 0.382 e. The van der Waals surface area contributed by atoms with Gasteiger partial charge in [0.1, 0.15) is 0 Å². The van der Waals surface area contributed by atoms with Gasteiger partial charge in [-0.2, -0.15) is 5.10 Å². The number of hydrogen-bond acceptors (Lipinski definition) is 2. The number of anilines is 1. The highest BCUT2D eigenvalue weighted by Crippen LogP contribution is 2.37. The van der Waals surface area contributed by atoms with Crippen LogP contribution in [0.3, 0.4) is 0 Å². The van der Waals surface area contributed by atoms with Crippen molar-refractivity contribution in [2.45, 2.75) is 0 Å². The fourth-order valence-electron chi connectivity index (χ4n) is 2.18. The predicted molar refractivity (Wildman–Crippen MR) is 83.9 cm³/mol. The van der Waals surface area contributed by atoms with Gasteiger partial charge in [0.05, 0.1) is 16.3 Å². The molecule has 0 atom stereocenters. The number of halogens is 3. The normalized spacial score (nSPS) is 10.8. The first-order valence-electron chi connectivity index (χ1n) is 6.12. The number of nitrogen functional groups attached to an aromatic ring is 1. The van der Waals surface area contributed by atoms with Crippen LogP contribution in [-0.2, 0) is 0 Å². The second kappa shape index (κ2) is 5.39. The Kier molecular flexibility index (Phi) is 3.57. The molecular formula is C15H10Cl2FN3. The molecule has 0 aliphatic rings. The number of nitrogens with two attached hydrogens (primary N) is 1. The van der Waals surface area contributed by atoms with Gasteiger partial charge in [-0.25, -0.2) is 4.39 Å². The molecule has 0 aliphatic carbocycles. The van der Waals surface area contributed by atoms with E-state index in [1.807, 2.05) is 6.07 Å². The molecule has 0 radical (unpaired) electrons. The summed E-state index contributed by atoms with van der Waals surface area (Å²) in [7, 11) is 0. The fourth-order valence-corrected chi connectivity index (χ4v) is 2.55. The fraction of sp³-hybridized carbons (Fsp3) is 0. The van der Waals surface area contributed by atoms with E-state index in [4.69, 9.17) is 28.9 Å². The Hall–Kier alpha value is -2.04. The summed E-state index contributed by atoms with van der Waals surface area (Å²) in [6.45, 7) is 0. The molecule has 3 N–H and O–H groups in total. The molecule has 3 nitrogen and oxygen atoms in total. The maximum absolute atomic E-state index is 14.2. The summed E-state index contributed by atoms with van der Waals surface area (Å²) in [6.07, 6.45) is 0. The number of nitrogens with zero attached hydrogens (tertiary/aromatic N) is 1. The smallest absolute Gasteiger partial charge is 0.153 e. The van der Waals surface area contributed by atoms with Crippen LogP contribution in [0, 0.1) is 5.82 Å². The monoisotopic (exact) mass is 321 g/mol. The molecule has 106 valence electrons. The lowest BCUT2D eigenvalue weighted by Gasteiger charge is -2.07. The standard InChI is InChI=1S/C15H10Cl2FN3/c16-9-4-1-3-8(7-9)12-14(20-21-15(12)19)10-5-2-6-11(17)13(10)18/h1-7H,(H3,19,20,21). The Morgan fingerprint density at radius 3 is 2.62 bits per heavy atom. The maximum Gasteiger partial charge on any atom is 0.153 e. The Balaban J connectivity index is 2.24. The van der Waals surface area contributed by atoms with Crippen molar-refractivity contribution in [3.05, 3.63) is 58.3 Å². The van der Waals surface area contributed by atoms with E-state index in [1.54, 1.807) is 30.3 Å². The molecule has 3 rings (SSSR count). The Morgan fingerprint density at radius 2 is 1.86 bits per heavy atom. The number of aromatic nitrogens is 2. The number of nitrogens with one attached hydrogen (secondary N) is 1. The molecule has 6 heteroatoms. The van der Waals surface area contributed by atoms with Crippen LogP contribution >= 0.6 is 23.2 Å². The van der Waals surface area contributed by atoms with E-state index >= 15 is 0 Å². The minimum Gasteiger partial charge on any atom is -0.382 e. The van der Waals surface area contributed by atoms with Crippen molar-refractivity contribution in [1.29, 1.82) is 0 Å². The quantitative estimate of drug-likeness (QED) is 0.714. The maximum atomic E-state index is 14.2. The minimum absolute atomic E-state index is 0.0396. The van der Waals surface area contributed by atoms with Gasteiger partial charge in [0.2, 0.25) is 0 Å². The van der Waals surface area contributed by atoms with E-state index in [1.165, 1.54) is 6.07 Å². The van der Waals surface area contributed by atoms with Gasteiger partial charge in [-0.15, -0.1) is 0 Å². The predicted octanol–water partition coefficient (Wildman–Crippen LogP) is 4.77. The highest BCUT2D eigenvalue weighted by atomic mass is 35.5. The lowest BCUT2D eigenvalue weighted by Crippen LogP contribution is -1.91. The van der Waals surface area contributed by atoms with Gasteiger partial charge in [0.25, 0.3) is 0 Å². The van der Waals surface area contributed by atoms with E-state index in [9.17, 15) is 4.39 Å².